The third-order valence-electron chi connectivity index (χ3n) is 2.98. The highest BCUT2D eigenvalue weighted by Crippen LogP contribution is 2.25. The van der Waals surface area contributed by atoms with Crippen LogP contribution in [0.5, 0.6) is 0 Å². The van der Waals surface area contributed by atoms with Gasteiger partial charge in [-0.15, -0.1) is 11.8 Å². The van der Waals surface area contributed by atoms with Crippen molar-refractivity contribution in [1.82, 2.24) is 5.32 Å². The van der Waals surface area contributed by atoms with Gasteiger partial charge in [0, 0.05) is 17.9 Å². The van der Waals surface area contributed by atoms with Gasteiger partial charge in [0.25, 0.3) is 0 Å². The minimum atomic E-state index is 0.542. The van der Waals surface area contributed by atoms with Crippen LogP contribution in [0.15, 0.2) is 22.8 Å². The van der Waals surface area contributed by atoms with Crippen molar-refractivity contribution in [2.45, 2.75) is 36.8 Å². The third-order valence-corrected chi connectivity index (χ3v) is 4.32. The molecular weight excluding hydrogens is 234 g/mol. The minimum Gasteiger partial charge on any atom is -0.468 e. The third kappa shape index (κ3) is 4.05. The Bertz CT molecular complexity index is 302. The first kappa shape index (κ1) is 13.0. The molecule has 0 bridgehead atoms. The van der Waals surface area contributed by atoms with Crippen molar-refractivity contribution in [2.24, 2.45) is 0 Å². The summed E-state index contributed by atoms with van der Waals surface area (Å²) < 4.78 is 10.9. The van der Waals surface area contributed by atoms with Gasteiger partial charge >= 0.3 is 0 Å². The highest BCUT2D eigenvalue weighted by molar-refractivity contribution is 7.99. The van der Waals surface area contributed by atoms with Crippen LogP contribution in [0.1, 0.15) is 25.5 Å². The maximum Gasteiger partial charge on any atom is 0.113 e. The zero-order valence-corrected chi connectivity index (χ0v) is 11.2. The van der Waals surface area contributed by atoms with Crippen molar-refractivity contribution in [2.75, 3.05) is 19.8 Å². The Kier molecular flexibility index (Phi) is 5.42. The molecule has 96 valence electrons. The summed E-state index contributed by atoms with van der Waals surface area (Å²) in [5.74, 6) is 1.99. The van der Waals surface area contributed by atoms with E-state index in [0.717, 1.165) is 37.7 Å². The molecule has 1 fully saturated rings. The number of rotatable bonds is 6. The second-order valence-electron chi connectivity index (χ2n) is 4.35. The molecule has 4 heteroatoms. The Labute approximate surface area is 107 Å². The van der Waals surface area contributed by atoms with E-state index >= 15 is 0 Å². The lowest BCUT2D eigenvalue weighted by Gasteiger charge is -2.31. The van der Waals surface area contributed by atoms with Gasteiger partial charge in [0.15, 0.2) is 0 Å². The smallest absolute Gasteiger partial charge is 0.113 e. The van der Waals surface area contributed by atoms with Crippen LogP contribution in [0.4, 0.5) is 0 Å². The van der Waals surface area contributed by atoms with Gasteiger partial charge in [0.1, 0.15) is 5.76 Å². The lowest BCUT2D eigenvalue weighted by molar-refractivity contribution is 0.0833. The van der Waals surface area contributed by atoms with E-state index in [1.165, 1.54) is 6.42 Å². The van der Waals surface area contributed by atoms with Crippen molar-refractivity contribution in [1.29, 1.82) is 0 Å². The Balaban J connectivity index is 1.79. The molecule has 0 amide bonds. The summed E-state index contributed by atoms with van der Waals surface area (Å²) in [6, 6.07) is 4.56. The monoisotopic (exact) mass is 255 g/mol. The molecule has 1 aliphatic heterocycles. The second kappa shape index (κ2) is 7.09. The van der Waals surface area contributed by atoms with Crippen LogP contribution in [0, 0.1) is 0 Å². The molecule has 17 heavy (non-hydrogen) atoms. The zero-order valence-electron chi connectivity index (χ0n) is 10.4. The normalized spacial score (nSPS) is 25.0. The number of hydrogen-bond donors (Lipinski definition) is 1. The fourth-order valence-corrected chi connectivity index (χ4v) is 3.22. The van der Waals surface area contributed by atoms with E-state index in [4.69, 9.17) is 9.15 Å². The van der Waals surface area contributed by atoms with Crippen LogP contribution >= 0.6 is 11.8 Å². The largest absolute Gasteiger partial charge is 0.468 e. The van der Waals surface area contributed by atoms with E-state index in [-0.39, 0.29) is 0 Å². The molecule has 2 rings (SSSR count). The number of hydrogen-bond acceptors (Lipinski definition) is 4. The first-order valence-corrected chi connectivity index (χ1v) is 7.40. The van der Waals surface area contributed by atoms with Gasteiger partial charge in [0.05, 0.1) is 18.6 Å². The van der Waals surface area contributed by atoms with Gasteiger partial charge < -0.3 is 14.5 Å². The summed E-state index contributed by atoms with van der Waals surface area (Å²) >= 11 is 1.93. The summed E-state index contributed by atoms with van der Waals surface area (Å²) in [5, 5.41) is 4.16. The van der Waals surface area contributed by atoms with E-state index in [0.29, 0.717) is 11.3 Å². The average Bonchev–Trinajstić information content (AvgIpc) is 2.88. The molecule has 1 aromatic rings. The van der Waals surface area contributed by atoms with Crippen molar-refractivity contribution in [3.05, 3.63) is 24.2 Å². The van der Waals surface area contributed by atoms with Crippen molar-refractivity contribution >= 4 is 11.8 Å². The molecule has 0 aliphatic carbocycles. The fourth-order valence-electron chi connectivity index (χ4n) is 2.02. The number of ether oxygens (including phenoxy) is 1. The maximum atomic E-state index is 5.57. The molecule has 2 atom stereocenters. The fraction of sp³-hybridized carbons (Fsp3) is 0.692. The SMILES string of the molecule is CCCNC1CCOCC1SCc1ccco1. The van der Waals surface area contributed by atoms with Crippen molar-refractivity contribution in [3.63, 3.8) is 0 Å². The van der Waals surface area contributed by atoms with Crippen molar-refractivity contribution < 1.29 is 9.15 Å². The van der Waals surface area contributed by atoms with Gasteiger partial charge in [-0.2, -0.15) is 0 Å². The predicted octanol–water partition coefficient (Wildman–Crippen LogP) is 2.67. The number of nitrogens with one attached hydrogen (secondary N) is 1. The average molecular weight is 255 g/mol. The van der Waals surface area contributed by atoms with Gasteiger partial charge in [0.2, 0.25) is 0 Å². The molecule has 2 heterocycles. The van der Waals surface area contributed by atoms with E-state index in [9.17, 15) is 0 Å². The van der Waals surface area contributed by atoms with Crippen LogP contribution in [0.3, 0.4) is 0 Å². The minimum absolute atomic E-state index is 0.542. The van der Waals surface area contributed by atoms with E-state index in [1.54, 1.807) is 6.26 Å². The van der Waals surface area contributed by atoms with E-state index < -0.39 is 0 Å². The zero-order chi connectivity index (χ0) is 11.9. The number of thioether (sulfide) groups is 1. The lowest BCUT2D eigenvalue weighted by Crippen LogP contribution is -2.45. The molecule has 1 aliphatic rings. The summed E-state index contributed by atoms with van der Waals surface area (Å²) in [6.45, 7) is 5.05. The highest BCUT2D eigenvalue weighted by atomic mass is 32.2. The Hall–Kier alpha value is -0.450. The summed E-state index contributed by atoms with van der Waals surface area (Å²) in [7, 11) is 0. The summed E-state index contributed by atoms with van der Waals surface area (Å²) in [5.41, 5.74) is 0. The Morgan fingerprint density at radius 3 is 3.24 bits per heavy atom. The van der Waals surface area contributed by atoms with Gasteiger partial charge in [-0.25, -0.2) is 0 Å². The lowest BCUT2D eigenvalue weighted by atomic mass is 10.1. The van der Waals surface area contributed by atoms with Gasteiger partial charge in [-0.3, -0.25) is 0 Å². The summed E-state index contributed by atoms with van der Waals surface area (Å²) in [4.78, 5) is 0. The second-order valence-corrected chi connectivity index (χ2v) is 5.58. The van der Waals surface area contributed by atoms with E-state index in [2.05, 4.69) is 12.2 Å². The quantitative estimate of drug-likeness (QED) is 0.847. The molecule has 0 radical (unpaired) electrons. The van der Waals surface area contributed by atoms with Crippen LogP contribution < -0.4 is 5.32 Å². The standard InChI is InChI=1S/C13H21NO2S/c1-2-6-14-12-5-8-15-9-13(12)17-10-11-4-3-7-16-11/h3-4,7,12-14H,2,5-6,8-10H2,1H3. The van der Waals surface area contributed by atoms with Gasteiger partial charge in [-0.1, -0.05) is 6.92 Å². The predicted molar refractivity (Wildman–Crippen MR) is 71.3 cm³/mol. The molecule has 3 nitrogen and oxygen atoms in total. The molecule has 1 aromatic heterocycles. The molecule has 0 spiro atoms. The molecule has 0 saturated carbocycles. The van der Waals surface area contributed by atoms with Crippen LogP contribution in [0.25, 0.3) is 0 Å². The molecule has 2 unspecified atom stereocenters. The molecule has 1 N–H and O–H groups in total. The topological polar surface area (TPSA) is 34.4 Å². The van der Waals surface area contributed by atoms with Crippen LogP contribution in [-0.4, -0.2) is 31.1 Å². The molecule has 0 aromatic carbocycles. The van der Waals surface area contributed by atoms with Gasteiger partial charge in [-0.05, 0) is 31.5 Å². The maximum absolute atomic E-state index is 5.57. The molecular formula is C13H21NO2S. The summed E-state index contributed by atoms with van der Waals surface area (Å²) in [6.07, 6.45) is 4.04. The van der Waals surface area contributed by atoms with Crippen molar-refractivity contribution in [3.8, 4) is 0 Å². The van der Waals surface area contributed by atoms with Crippen LogP contribution in [-0.2, 0) is 10.5 Å². The molecule has 1 saturated heterocycles. The Morgan fingerprint density at radius 2 is 2.47 bits per heavy atom. The number of furan rings is 1. The first-order chi connectivity index (χ1) is 8.40. The van der Waals surface area contributed by atoms with E-state index in [1.807, 2.05) is 23.9 Å². The highest BCUT2D eigenvalue weighted by Gasteiger charge is 2.25. The first-order valence-electron chi connectivity index (χ1n) is 6.35. The van der Waals surface area contributed by atoms with Crippen LogP contribution in [0.2, 0.25) is 0 Å². The Morgan fingerprint density at radius 1 is 1.53 bits per heavy atom.